The van der Waals surface area contributed by atoms with E-state index in [2.05, 4.69) is 23.9 Å². The highest BCUT2D eigenvalue weighted by atomic mass is 16.3. The number of nitriles is 1. The molecule has 0 saturated carbocycles. The predicted molar refractivity (Wildman–Crippen MR) is 67.4 cm³/mol. The smallest absolute Gasteiger partial charge is 0.159 e. The zero-order valence-corrected chi connectivity index (χ0v) is 10.8. The van der Waals surface area contributed by atoms with Crippen molar-refractivity contribution in [2.45, 2.75) is 39.5 Å². The van der Waals surface area contributed by atoms with Gasteiger partial charge in [0.15, 0.2) is 11.5 Å². The first-order valence-electron chi connectivity index (χ1n) is 6.11. The van der Waals surface area contributed by atoms with E-state index in [1.165, 1.54) is 6.07 Å². The maximum atomic E-state index is 9.75. The van der Waals surface area contributed by atoms with Crippen LogP contribution in [0.15, 0.2) is 6.07 Å². The number of pyridine rings is 1. The van der Waals surface area contributed by atoms with Gasteiger partial charge in [0.2, 0.25) is 0 Å². The van der Waals surface area contributed by atoms with Crippen molar-refractivity contribution in [2.75, 3.05) is 0 Å². The lowest BCUT2D eigenvalue weighted by Crippen LogP contribution is -2.00. The van der Waals surface area contributed by atoms with Crippen molar-refractivity contribution in [1.29, 1.82) is 5.26 Å². The second-order valence-corrected chi connectivity index (χ2v) is 4.36. The molecule has 0 aromatic carbocycles. The molecule has 0 radical (unpaired) electrons. The summed E-state index contributed by atoms with van der Waals surface area (Å²) in [7, 11) is 0. The molecule has 2 aromatic heterocycles. The van der Waals surface area contributed by atoms with E-state index in [0.29, 0.717) is 17.3 Å². The van der Waals surface area contributed by atoms with Crippen LogP contribution in [0, 0.1) is 18.3 Å². The number of nitrogens with zero attached hydrogens (tertiary/aromatic N) is 4. The Morgan fingerprint density at radius 1 is 1.44 bits per heavy atom. The van der Waals surface area contributed by atoms with Crippen LogP contribution >= 0.6 is 0 Å². The first-order chi connectivity index (χ1) is 8.62. The van der Waals surface area contributed by atoms with Crippen LogP contribution in [0.5, 0.6) is 5.75 Å². The Morgan fingerprint density at radius 3 is 2.67 bits per heavy atom. The van der Waals surface area contributed by atoms with E-state index >= 15 is 0 Å². The van der Waals surface area contributed by atoms with E-state index in [4.69, 9.17) is 5.26 Å². The van der Waals surface area contributed by atoms with Crippen LogP contribution in [-0.2, 0) is 0 Å². The minimum absolute atomic E-state index is 0.0361. The average Bonchev–Trinajstić information content (AvgIpc) is 2.75. The highest BCUT2D eigenvalue weighted by molar-refractivity contribution is 5.54. The molecule has 0 unspecified atom stereocenters. The summed E-state index contributed by atoms with van der Waals surface area (Å²) in [5.41, 5.74) is 1.46. The van der Waals surface area contributed by atoms with Crippen molar-refractivity contribution in [3.8, 4) is 11.8 Å². The zero-order chi connectivity index (χ0) is 13.3. The van der Waals surface area contributed by atoms with E-state index in [1.807, 2.05) is 6.07 Å². The number of fused-ring (bicyclic) bond motifs is 1. The Labute approximate surface area is 106 Å². The number of aromatic nitrogens is 3. The largest absolute Gasteiger partial charge is 0.506 e. The molecule has 0 bridgehead atoms. The Bertz CT molecular complexity index is 620. The molecule has 0 fully saturated rings. The zero-order valence-electron chi connectivity index (χ0n) is 10.8. The summed E-state index contributed by atoms with van der Waals surface area (Å²) in [6.45, 7) is 5.96. The molecule has 0 saturated heterocycles. The third-order valence-electron chi connectivity index (χ3n) is 3.31. The van der Waals surface area contributed by atoms with Crippen LogP contribution in [0.4, 0.5) is 0 Å². The van der Waals surface area contributed by atoms with Gasteiger partial charge in [-0.25, -0.2) is 9.50 Å². The molecule has 0 amide bonds. The summed E-state index contributed by atoms with van der Waals surface area (Å²) < 4.78 is 1.63. The lowest BCUT2D eigenvalue weighted by atomic mass is 10.0. The van der Waals surface area contributed by atoms with E-state index in [1.54, 1.807) is 11.4 Å². The molecule has 18 heavy (non-hydrogen) atoms. The van der Waals surface area contributed by atoms with Gasteiger partial charge in [-0.2, -0.15) is 10.4 Å². The molecule has 94 valence electrons. The van der Waals surface area contributed by atoms with Gasteiger partial charge in [0.25, 0.3) is 0 Å². The van der Waals surface area contributed by atoms with Crippen LogP contribution in [-0.4, -0.2) is 19.7 Å². The van der Waals surface area contributed by atoms with Gasteiger partial charge < -0.3 is 5.11 Å². The maximum Gasteiger partial charge on any atom is 0.159 e. The molecule has 1 N–H and O–H groups in total. The Balaban J connectivity index is 2.66. The summed E-state index contributed by atoms with van der Waals surface area (Å²) in [6, 6.07) is 3.47. The van der Waals surface area contributed by atoms with E-state index in [0.717, 1.165) is 18.7 Å². The molecule has 2 heterocycles. The van der Waals surface area contributed by atoms with E-state index in [-0.39, 0.29) is 11.3 Å². The van der Waals surface area contributed by atoms with Gasteiger partial charge >= 0.3 is 0 Å². The van der Waals surface area contributed by atoms with Crippen molar-refractivity contribution in [3.05, 3.63) is 23.1 Å². The van der Waals surface area contributed by atoms with Crippen molar-refractivity contribution in [3.63, 3.8) is 0 Å². The number of aryl methyl sites for hydroxylation is 1. The summed E-state index contributed by atoms with van der Waals surface area (Å²) >= 11 is 0. The quantitative estimate of drug-likeness (QED) is 0.900. The van der Waals surface area contributed by atoms with Crippen LogP contribution in [0.1, 0.15) is 49.7 Å². The van der Waals surface area contributed by atoms with Crippen LogP contribution in [0.25, 0.3) is 5.65 Å². The summed E-state index contributed by atoms with van der Waals surface area (Å²) in [6.07, 6.45) is 1.95. The van der Waals surface area contributed by atoms with E-state index < -0.39 is 0 Å². The highest BCUT2D eigenvalue weighted by Gasteiger charge is 2.17. The second kappa shape index (κ2) is 4.65. The molecule has 0 aliphatic rings. The van der Waals surface area contributed by atoms with Gasteiger partial charge in [0.1, 0.15) is 17.4 Å². The monoisotopic (exact) mass is 244 g/mol. The van der Waals surface area contributed by atoms with Crippen molar-refractivity contribution >= 4 is 5.65 Å². The van der Waals surface area contributed by atoms with Crippen molar-refractivity contribution in [2.24, 2.45) is 0 Å². The Hall–Kier alpha value is -2.09. The SMILES string of the molecule is CCC(CC)c1nc2cc(O)c(C#N)c(C)n2n1. The molecule has 0 atom stereocenters. The normalized spacial score (nSPS) is 11.1. The number of hydrogen-bond acceptors (Lipinski definition) is 4. The van der Waals surface area contributed by atoms with Crippen molar-refractivity contribution in [1.82, 2.24) is 14.6 Å². The van der Waals surface area contributed by atoms with Gasteiger partial charge in [-0.1, -0.05) is 13.8 Å². The Morgan fingerprint density at radius 2 is 2.11 bits per heavy atom. The second-order valence-electron chi connectivity index (χ2n) is 4.36. The highest BCUT2D eigenvalue weighted by Crippen LogP contribution is 2.25. The first-order valence-corrected chi connectivity index (χ1v) is 6.11. The van der Waals surface area contributed by atoms with Gasteiger partial charge in [-0.3, -0.25) is 0 Å². The van der Waals surface area contributed by atoms with E-state index in [9.17, 15) is 5.11 Å². The predicted octanol–water partition coefficient (Wildman–Crippen LogP) is 2.52. The minimum atomic E-state index is -0.0361. The van der Waals surface area contributed by atoms with Crippen LogP contribution in [0.2, 0.25) is 0 Å². The lowest BCUT2D eigenvalue weighted by molar-refractivity contribution is 0.472. The topological polar surface area (TPSA) is 74.2 Å². The summed E-state index contributed by atoms with van der Waals surface area (Å²) in [5, 5.41) is 23.2. The van der Waals surface area contributed by atoms with Crippen LogP contribution in [0.3, 0.4) is 0 Å². The first kappa shape index (κ1) is 12.4. The molecule has 0 aliphatic heterocycles. The van der Waals surface area contributed by atoms with Gasteiger partial charge in [-0.15, -0.1) is 0 Å². The molecule has 5 nitrogen and oxygen atoms in total. The fraction of sp³-hybridized carbons (Fsp3) is 0.462. The molecular weight excluding hydrogens is 228 g/mol. The fourth-order valence-electron chi connectivity index (χ4n) is 2.13. The third kappa shape index (κ3) is 1.80. The van der Waals surface area contributed by atoms with Crippen LogP contribution < -0.4 is 0 Å². The Kier molecular flexibility index (Phi) is 3.19. The standard InChI is InChI=1S/C13H16N4O/c1-4-9(5-2)13-15-12-6-11(18)10(7-14)8(3)17(12)16-13/h6,9,18H,4-5H2,1-3H3. The maximum absolute atomic E-state index is 9.75. The molecule has 0 aliphatic carbocycles. The van der Waals surface area contributed by atoms with Gasteiger partial charge in [0.05, 0.1) is 5.69 Å². The number of aromatic hydroxyl groups is 1. The molecule has 2 rings (SSSR count). The minimum Gasteiger partial charge on any atom is -0.506 e. The lowest BCUT2D eigenvalue weighted by Gasteiger charge is -2.05. The summed E-state index contributed by atoms with van der Waals surface area (Å²) in [4.78, 5) is 4.43. The number of hydrogen-bond donors (Lipinski definition) is 1. The fourth-order valence-corrected chi connectivity index (χ4v) is 2.13. The number of rotatable bonds is 3. The van der Waals surface area contributed by atoms with Gasteiger partial charge in [-0.05, 0) is 19.8 Å². The molecule has 2 aromatic rings. The molecule has 0 spiro atoms. The average molecular weight is 244 g/mol. The molecular formula is C13H16N4O. The summed E-state index contributed by atoms with van der Waals surface area (Å²) in [5.74, 6) is 1.06. The third-order valence-corrected chi connectivity index (χ3v) is 3.31. The molecule has 5 heteroatoms. The van der Waals surface area contributed by atoms with Gasteiger partial charge in [0, 0.05) is 12.0 Å². The van der Waals surface area contributed by atoms with Crippen molar-refractivity contribution < 1.29 is 5.11 Å².